The minimum atomic E-state index is -3.18. The molecular formula is C28H32Br2Zr. The number of benzene rings is 2. The van der Waals surface area contributed by atoms with Crippen molar-refractivity contribution in [3.8, 4) is 11.1 Å². The van der Waals surface area contributed by atoms with Crippen LogP contribution in [0.3, 0.4) is 0 Å². The molecule has 31 heavy (non-hydrogen) atoms. The van der Waals surface area contributed by atoms with Gasteiger partial charge in [-0.1, -0.05) is 0 Å². The van der Waals surface area contributed by atoms with E-state index in [1.807, 2.05) is 0 Å². The molecule has 0 amide bonds. The van der Waals surface area contributed by atoms with E-state index in [1.54, 1.807) is 11.1 Å². The number of rotatable bonds is 5. The molecular weight excluding hydrogens is 587 g/mol. The first-order chi connectivity index (χ1) is 14.7. The Morgan fingerprint density at radius 1 is 0.903 bits per heavy atom. The van der Waals surface area contributed by atoms with Gasteiger partial charge >= 0.3 is 206 Å². The van der Waals surface area contributed by atoms with Gasteiger partial charge in [0.15, 0.2) is 0 Å². The fraction of sp³-hybridized carbons (Fsp3) is 0.357. The van der Waals surface area contributed by atoms with Crippen molar-refractivity contribution in [1.82, 2.24) is 0 Å². The number of hydrogen-bond acceptors (Lipinski definition) is 0. The predicted molar refractivity (Wildman–Crippen MR) is 140 cm³/mol. The molecule has 4 rings (SSSR count). The monoisotopic (exact) mass is 616 g/mol. The second kappa shape index (κ2) is 8.70. The third-order valence-electron chi connectivity index (χ3n) is 7.82. The first-order valence-corrected chi connectivity index (χ1v) is 25.2. The fourth-order valence-corrected chi connectivity index (χ4v) is 27.4. The summed E-state index contributed by atoms with van der Waals surface area (Å²) in [5.74, 6) is 0. The summed E-state index contributed by atoms with van der Waals surface area (Å²) in [6.45, 7) is 14.2. The van der Waals surface area contributed by atoms with Crippen LogP contribution in [0.5, 0.6) is 0 Å². The van der Waals surface area contributed by atoms with E-state index in [0.29, 0.717) is 3.63 Å². The Balaban J connectivity index is 1.88. The van der Waals surface area contributed by atoms with Crippen LogP contribution in [0.2, 0.25) is 3.12 Å². The van der Waals surface area contributed by atoms with Crippen molar-refractivity contribution in [3.63, 3.8) is 0 Å². The molecule has 0 aliphatic heterocycles. The number of halogens is 2. The molecule has 2 aromatic carbocycles. The van der Waals surface area contributed by atoms with Crippen LogP contribution < -0.4 is 0 Å². The van der Waals surface area contributed by atoms with E-state index in [1.165, 1.54) is 51.8 Å². The molecule has 2 aliphatic carbocycles. The van der Waals surface area contributed by atoms with Gasteiger partial charge in [0.1, 0.15) is 0 Å². The Morgan fingerprint density at radius 3 is 2.23 bits per heavy atom. The van der Waals surface area contributed by atoms with Gasteiger partial charge in [0.05, 0.1) is 0 Å². The average Bonchev–Trinajstić information content (AvgIpc) is 3.19. The zero-order valence-electron chi connectivity index (χ0n) is 19.4. The van der Waals surface area contributed by atoms with Crippen LogP contribution in [0.25, 0.3) is 17.2 Å². The molecule has 0 saturated heterocycles. The molecule has 2 aliphatic rings. The molecule has 162 valence electrons. The first kappa shape index (κ1) is 23.7. The first-order valence-electron chi connectivity index (χ1n) is 11.3. The Kier molecular flexibility index (Phi) is 6.63. The third kappa shape index (κ3) is 3.53. The number of hydrogen-bond donors (Lipinski definition) is 0. The molecule has 0 saturated carbocycles. The third-order valence-corrected chi connectivity index (χ3v) is 31.2. The second-order valence-electron chi connectivity index (χ2n) is 9.35. The molecule has 0 fully saturated rings. The molecule has 0 nitrogen and oxygen atoms in total. The Labute approximate surface area is 204 Å². The molecule has 0 heterocycles. The molecule has 2 unspecified atom stereocenters. The van der Waals surface area contributed by atoms with Gasteiger partial charge < -0.3 is 0 Å². The van der Waals surface area contributed by atoms with Gasteiger partial charge in [-0.3, -0.25) is 0 Å². The van der Waals surface area contributed by atoms with Gasteiger partial charge in [-0.05, 0) is 0 Å². The molecule has 2 aromatic rings. The zero-order chi connectivity index (χ0) is 22.6. The van der Waals surface area contributed by atoms with Crippen LogP contribution in [0.4, 0.5) is 0 Å². The Morgan fingerprint density at radius 2 is 1.58 bits per heavy atom. The van der Waals surface area contributed by atoms with Crippen LogP contribution in [0.15, 0.2) is 76.4 Å². The number of allylic oxidation sites excluding steroid dienone is 5. The van der Waals surface area contributed by atoms with Gasteiger partial charge in [-0.2, -0.15) is 0 Å². The van der Waals surface area contributed by atoms with Crippen LogP contribution >= 0.6 is 24.4 Å². The SMILES string of the molecule is CCCC1=C(C)C(C)=C(C)[C]1(C)[Zr]([Br])([Br])[CH]1C(C)=Cc2c(-c3ccccc3)cccc21. The summed E-state index contributed by atoms with van der Waals surface area (Å²) in [5.41, 5.74) is 13.3. The summed E-state index contributed by atoms with van der Waals surface area (Å²) in [7, 11) is 0. The normalized spacial score (nSPS) is 23.5. The van der Waals surface area contributed by atoms with Crippen molar-refractivity contribution in [2.45, 2.75) is 61.1 Å². The van der Waals surface area contributed by atoms with Crippen molar-refractivity contribution < 1.29 is 15.6 Å². The Hall–Kier alpha value is -0.497. The second-order valence-corrected chi connectivity index (χ2v) is 37.4. The number of fused-ring (bicyclic) bond motifs is 1. The quantitative estimate of drug-likeness (QED) is 0.313. The van der Waals surface area contributed by atoms with Crippen LogP contribution in [-0.2, 0) is 15.6 Å². The van der Waals surface area contributed by atoms with Gasteiger partial charge in [0.25, 0.3) is 0 Å². The molecule has 0 spiro atoms. The Bertz CT molecular complexity index is 1120. The van der Waals surface area contributed by atoms with E-state index in [-0.39, 0.29) is 3.12 Å². The molecule has 0 aromatic heterocycles. The molecule has 2 atom stereocenters. The molecule has 0 radical (unpaired) electrons. The van der Waals surface area contributed by atoms with E-state index in [2.05, 4.69) is 121 Å². The topological polar surface area (TPSA) is 0 Å². The van der Waals surface area contributed by atoms with Crippen molar-refractivity contribution >= 4 is 30.5 Å². The zero-order valence-corrected chi connectivity index (χ0v) is 25.1. The minimum absolute atomic E-state index is 0.114. The van der Waals surface area contributed by atoms with E-state index in [9.17, 15) is 0 Å². The fourth-order valence-electron chi connectivity index (χ4n) is 5.81. The molecule has 0 N–H and O–H groups in total. The standard InChI is InChI=1S/C16H13.C12H19.2BrH.Zr/c1-12-10-14-8-5-9-15(16(14)11-12)13-6-3-2-4-7-13;1-6-7-12-10(4)8(2)9(3)11(12)5;;;/h2-11H,1H3;6-7H2,1-5H3;2*1H;/q;;;;+2/p-2. The van der Waals surface area contributed by atoms with Crippen molar-refractivity contribution in [1.29, 1.82) is 0 Å². The van der Waals surface area contributed by atoms with E-state index >= 15 is 0 Å². The van der Waals surface area contributed by atoms with Crippen LogP contribution in [0, 0.1) is 0 Å². The summed E-state index contributed by atoms with van der Waals surface area (Å²) >= 11 is 5.83. The van der Waals surface area contributed by atoms with E-state index < -0.39 is 15.6 Å². The van der Waals surface area contributed by atoms with Gasteiger partial charge in [0, 0.05) is 0 Å². The maximum atomic E-state index is 4.51. The summed E-state index contributed by atoms with van der Waals surface area (Å²) in [6.07, 6.45) is 4.83. The molecule has 0 bridgehead atoms. The van der Waals surface area contributed by atoms with E-state index in [4.69, 9.17) is 0 Å². The van der Waals surface area contributed by atoms with Crippen molar-refractivity contribution in [2.24, 2.45) is 0 Å². The predicted octanol–water partition coefficient (Wildman–Crippen LogP) is 10.2. The van der Waals surface area contributed by atoms with Crippen molar-refractivity contribution in [3.05, 3.63) is 87.5 Å². The van der Waals surface area contributed by atoms with Crippen LogP contribution in [0.1, 0.15) is 69.1 Å². The van der Waals surface area contributed by atoms with Crippen molar-refractivity contribution in [2.75, 3.05) is 0 Å². The van der Waals surface area contributed by atoms with Gasteiger partial charge in [-0.15, -0.1) is 0 Å². The van der Waals surface area contributed by atoms with Gasteiger partial charge in [-0.25, -0.2) is 0 Å². The maximum absolute atomic E-state index is 4.51. The van der Waals surface area contributed by atoms with Crippen LogP contribution in [-0.4, -0.2) is 0 Å². The summed E-state index contributed by atoms with van der Waals surface area (Å²) in [5, 5.41) is 0. The average molecular weight is 620 g/mol. The molecule has 3 heteroatoms. The van der Waals surface area contributed by atoms with Gasteiger partial charge in [0.2, 0.25) is 0 Å². The summed E-state index contributed by atoms with van der Waals surface area (Å²) in [6, 6.07) is 17.7. The van der Waals surface area contributed by atoms with E-state index in [0.717, 1.165) is 0 Å². The summed E-state index contributed by atoms with van der Waals surface area (Å²) < 4.78 is 0.571. The summed E-state index contributed by atoms with van der Waals surface area (Å²) in [4.78, 5) is 0.